The maximum absolute atomic E-state index is 12.8. The maximum atomic E-state index is 12.8. The molecule has 5 nitrogen and oxygen atoms in total. The first-order chi connectivity index (χ1) is 14.1. The van der Waals surface area contributed by atoms with Crippen LogP contribution in [-0.4, -0.2) is 22.7 Å². The zero-order valence-corrected chi connectivity index (χ0v) is 17.2. The summed E-state index contributed by atoms with van der Waals surface area (Å²) in [5.41, 5.74) is 0.386. The Hall–Kier alpha value is -2.94. The van der Waals surface area contributed by atoms with Crippen LogP contribution >= 0.6 is 15.9 Å². The van der Waals surface area contributed by atoms with Crippen LogP contribution in [0.5, 0.6) is 0 Å². The number of carboxylic acid groups (broad SMARTS) is 1. The Balaban J connectivity index is 1.82. The van der Waals surface area contributed by atoms with Crippen molar-refractivity contribution in [3.8, 4) is 0 Å². The molecule has 9 heteroatoms. The quantitative estimate of drug-likeness (QED) is 0.585. The van der Waals surface area contributed by atoms with E-state index in [9.17, 15) is 27.9 Å². The van der Waals surface area contributed by atoms with E-state index < -0.39 is 23.6 Å². The van der Waals surface area contributed by atoms with Crippen molar-refractivity contribution in [1.82, 2.24) is 0 Å². The van der Waals surface area contributed by atoms with Crippen LogP contribution in [0.2, 0.25) is 0 Å². The van der Waals surface area contributed by atoms with Crippen molar-refractivity contribution >= 4 is 45.3 Å². The number of benzene rings is 2. The van der Waals surface area contributed by atoms with Gasteiger partial charge in [-0.1, -0.05) is 28.1 Å². The molecule has 1 atom stereocenters. The third kappa shape index (κ3) is 4.79. The predicted molar refractivity (Wildman–Crippen MR) is 110 cm³/mol. The summed E-state index contributed by atoms with van der Waals surface area (Å²) >= 11 is 3.31. The summed E-state index contributed by atoms with van der Waals surface area (Å²) < 4.78 is 38.9. The highest BCUT2D eigenvalue weighted by Gasteiger charge is 2.36. The lowest BCUT2D eigenvalue weighted by molar-refractivity contribution is -0.137. The highest BCUT2D eigenvalue weighted by molar-refractivity contribution is 9.10. The Kier molecular flexibility index (Phi) is 6.12. The highest BCUT2D eigenvalue weighted by atomic mass is 79.9. The molecule has 0 spiro atoms. The first-order valence-electron chi connectivity index (χ1n) is 8.82. The second kappa shape index (κ2) is 8.43. The Morgan fingerprint density at radius 1 is 1.17 bits per heavy atom. The van der Waals surface area contributed by atoms with Gasteiger partial charge in [0.15, 0.2) is 0 Å². The molecule has 1 aliphatic rings. The van der Waals surface area contributed by atoms with Crippen molar-refractivity contribution in [1.29, 1.82) is 0 Å². The lowest BCUT2D eigenvalue weighted by atomic mass is 9.93. The van der Waals surface area contributed by atoms with Crippen molar-refractivity contribution in [2.45, 2.75) is 19.5 Å². The van der Waals surface area contributed by atoms with E-state index >= 15 is 0 Å². The molecule has 0 aromatic heterocycles. The first kappa shape index (κ1) is 21.8. The number of alkyl halides is 3. The number of aliphatic carboxylic acids is 1. The molecule has 1 aliphatic heterocycles. The van der Waals surface area contributed by atoms with Gasteiger partial charge < -0.3 is 5.11 Å². The average molecular weight is 481 g/mol. The molecule has 3 rings (SSSR count). The van der Waals surface area contributed by atoms with Crippen LogP contribution in [0.1, 0.15) is 24.5 Å². The maximum Gasteiger partial charge on any atom is 0.416 e. The van der Waals surface area contributed by atoms with Gasteiger partial charge >= 0.3 is 12.1 Å². The van der Waals surface area contributed by atoms with Gasteiger partial charge in [0.05, 0.1) is 17.2 Å². The molecule has 1 N–H and O–H groups in total. The summed E-state index contributed by atoms with van der Waals surface area (Å²) in [7, 11) is 0. The summed E-state index contributed by atoms with van der Waals surface area (Å²) in [6, 6.07) is 11.1. The van der Waals surface area contributed by atoms with E-state index in [1.807, 2.05) is 0 Å². The van der Waals surface area contributed by atoms with Gasteiger partial charge in [0.1, 0.15) is 0 Å². The van der Waals surface area contributed by atoms with Crippen molar-refractivity contribution < 1.29 is 27.9 Å². The standard InChI is InChI=1S/C21H16BrF3N2O3/c1-12-18(19(28)27(26-12)17-8-6-16(22)7-9-17)11-14(20(29)30)10-13-2-4-15(5-3-13)21(23,24)25/h2-10,18H,11H2,1H3,(H,29,30)/b14-10-. The Bertz CT molecular complexity index is 1030. The van der Waals surface area contributed by atoms with Gasteiger partial charge in [-0.3, -0.25) is 4.79 Å². The van der Waals surface area contributed by atoms with Gasteiger partial charge in [-0.25, -0.2) is 9.80 Å². The molecule has 0 bridgehead atoms. The zero-order chi connectivity index (χ0) is 22.1. The van der Waals surface area contributed by atoms with Gasteiger partial charge in [0.2, 0.25) is 0 Å². The summed E-state index contributed by atoms with van der Waals surface area (Å²) in [5, 5.41) is 15.0. The molecule has 2 aromatic carbocycles. The van der Waals surface area contributed by atoms with E-state index in [-0.39, 0.29) is 17.9 Å². The summed E-state index contributed by atoms with van der Waals surface area (Å²) in [4.78, 5) is 24.5. The van der Waals surface area contributed by atoms with Gasteiger partial charge in [0.25, 0.3) is 5.91 Å². The number of carbonyl (C=O) groups is 2. The number of halogens is 4. The van der Waals surface area contributed by atoms with E-state index in [1.165, 1.54) is 23.2 Å². The molecule has 0 radical (unpaired) electrons. The minimum atomic E-state index is -4.47. The largest absolute Gasteiger partial charge is 0.478 e. The molecular formula is C21H16BrF3N2O3. The number of carbonyl (C=O) groups excluding carboxylic acids is 1. The molecular weight excluding hydrogens is 465 g/mol. The molecule has 2 aromatic rings. The molecule has 1 amide bonds. The van der Waals surface area contributed by atoms with E-state index in [0.29, 0.717) is 17.0 Å². The van der Waals surface area contributed by atoms with Gasteiger partial charge in [0, 0.05) is 15.8 Å². The predicted octanol–water partition coefficient (Wildman–Crippen LogP) is 5.36. The van der Waals surface area contributed by atoms with Gasteiger partial charge in [-0.05, 0) is 61.4 Å². The second-order valence-corrected chi connectivity index (χ2v) is 7.63. The molecule has 0 fully saturated rings. The van der Waals surface area contributed by atoms with Crippen LogP contribution in [0.3, 0.4) is 0 Å². The summed E-state index contributed by atoms with van der Waals surface area (Å²) in [5.74, 6) is -2.39. The fraction of sp³-hybridized carbons (Fsp3) is 0.190. The molecule has 0 aliphatic carbocycles. The topological polar surface area (TPSA) is 70.0 Å². The summed E-state index contributed by atoms with van der Waals surface area (Å²) in [6.45, 7) is 1.64. The van der Waals surface area contributed by atoms with Gasteiger partial charge in [-0.15, -0.1) is 0 Å². The monoisotopic (exact) mass is 480 g/mol. The number of rotatable bonds is 5. The molecule has 156 valence electrons. The minimum Gasteiger partial charge on any atom is -0.478 e. The Morgan fingerprint density at radius 3 is 2.30 bits per heavy atom. The van der Waals surface area contributed by atoms with Crippen LogP contribution in [0.15, 0.2) is 63.7 Å². The summed E-state index contributed by atoms with van der Waals surface area (Å²) in [6.07, 6.45) is -3.33. The molecule has 0 saturated carbocycles. The van der Waals surface area contributed by atoms with Crippen LogP contribution in [0.4, 0.5) is 18.9 Å². The fourth-order valence-corrected chi connectivity index (χ4v) is 3.27. The number of hydrogen-bond acceptors (Lipinski definition) is 3. The number of nitrogens with zero attached hydrogens (tertiary/aromatic N) is 2. The number of carboxylic acids is 1. The van der Waals surface area contributed by atoms with Crippen LogP contribution in [0, 0.1) is 5.92 Å². The molecule has 0 saturated heterocycles. The number of hydrazone groups is 1. The third-order valence-corrected chi connectivity index (χ3v) is 5.15. The fourth-order valence-electron chi connectivity index (χ4n) is 3.00. The molecule has 1 unspecified atom stereocenters. The van der Waals surface area contributed by atoms with E-state index in [4.69, 9.17) is 0 Å². The lowest BCUT2D eigenvalue weighted by Gasteiger charge is -2.15. The van der Waals surface area contributed by atoms with E-state index in [0.717, 1.165) is 16.6 Å². The smallest absolute Gasteiger partial charge is 0.416 e. The number of hydrogen-bond donors (Lipinski definition) is 1. The van der Waals surface area contributed by atoms with Crippen LogP contribution in [-0.2, 0) is 15.8 Å². The van der Waals surface area contributed by atoms with Crippen molar-refractivity contribution in [2.24, 2.45) is 11.0 Å². The van der Waals surface area contributed by atoms with E-state index in [2.05, 4.69) is 21.0 Å². The van der Waals surface area contributed by atoms with Gasteiger partial charge in [-0.2, -0.15) is 18.3 Å². The van der Waals surface area contributed by atoms with Crippen LogP contribution < -0.4 is 5.01 Å². The average Bonchev–Trinajstić information content (AvgIpc) is 2.96. The second-order valence-electron chi connectivity index (χ2n) is 6.72. The third-order valence-electron chi connectivity index (χ3n) is 4.62. The zero-order valence-electron chi connectivity index (χ0n) is 15.7. The van der Waals surface area contributed by atoms with Crippen molar-refractivity contribution in [3.05, 3.63) is 69.7 Å². The Morgan fingerprint density at radius 2 is 1.77 bits per heavy atom. The van der Waals surface area contributed by atoms with Crippen LogP contribution in [0.25, 0.3) is 6.08 Å². The SMILES string of the molecule is CC1=NN(c2ccc(Br)cc2)C(=O)C1C/C(=C/c1ccc(C(F)(F)F)cc1)C(=O)O. The van der Waals surface area contributed by atoms with Crippen molar-refractivity contribution in [2.75, 3.05) is 5.01 Å². The minimum absolute atomic E-state index is 0.0969. The van der Waals surface area contributed by atoms with E-state index in [1.54, 1.807) is 31.2 Å². The molecule has 30 heavy (non-hydrogen) atoms. The highest BCUT2D eigenvalue weighted by Crippen LogP contribution is 2.31. The van der Waals surface area contributed by atoms with Crippen molar-refractivity contribution in [3.63, 3.8) is 0 Å². The first-order valence-corrected chi connectivity index (χ1v) is 9.61. The number of amides is 1. The number of anilines is 1. The normalized spacial score (nSPS) is 17.3. The molecule has 1 heterocycles. The lowest BCUT2D eigenvalue weighted by Crippen LogP contribution is -2.28. The Labute approximate surface area is 178 Å².